The molecule has 7 heteroatoms. The van der Waals surface area contributed by atoms with Gasteiger partial charge in [-0.25, -0.2) is 0 Å². The van der Waals surface area contributed by atoms with Gasteiger partial charge in [-0.2, -0.15) is 0 Å². The highest BCUT2D eigenvalue weighted by Gasteiger charge is 2.31. The van der Waals surface area contributed by atoms with Gasteiger partial charge in [0, 0.05) is 32.0 Å². The summed E-state index contributed by atoms with van der Waals surface area (Å²) in [5.74, 6) is 3.01. The van der Waals surface area contributed by atoms with E-state index in [1.165, 1.54) is 24.0 Å². The smallest absolute Gasteiger partial charge is 0.223 e. The average molecular weight is 565 g/mol. The number of likely N-dealkylation sites (tertiary alicyclic amines) is 1. The van der Waals surface area contributed by atoms with Gasteiger partial charge in [0.05, 0.1) is 32.0 Å². The second kappa shape index (κ2) is 14.9. The number of carbonyl (C=O) groups excluding carboxylic acids is 1. The zero-order chi connectivity index (χ0) is 28.4. The van der Waals surface area contributed by atoms with Crippen LogP contribution in [0.2, 0.25) is 0 Å². The van der Waals surface area contributed by atoms with Gasteiger partial charge in [0.25, 0.3) is 0 Å². The molecule has 1 amide bonds. The predicted octanol–water partition coefficient (Wildman–Crippen LogP) is 6.41. The van der Waals surface area contributed by atoms with E-state index in [-0.39, 0.29) is 30.1 Å². The first-order chi connectivity index (χ1) is 20.1. The van der Waals surface area contributed by atoms with Crippen molar-refractivity contribution >= 4 is 5.91 Å². The minimum Gasteiger partial charge on any atom is -0.494 e. The fourth-order valence-corrected chi connectivity index (χ4v) is 6.48. The number of nitrogens with one attached hydrogen (secondary N) is 1. The van der Waals surface area contributed by atoms with Crippen LogP contribution in [0.5, 0.6) is 17.2 Å². The summed E-state index contributed by atoms with van der Waals surface area (Å²) in [7, 11) is 1.69. The van der Waals surface area contributed by atoms with Crippen LogP contribution in [-0.2, 0) is 9.53 Å². The monoisotopic (exact) mass is 564 g/mol. The fourth-order valence-electron chi connectivity index (χ4n) is 6.48. The van der Waals surface area contributed by atoms with Crippen LogP contribution >= 0.6 is 0 Å². The number of unbranched alkanes of at least 4 members (excludes halogenated alkanes) is 2. The number of nitrogens with zero attached hydrogens (tertiary/aromatic N) is 1. The van der Waals surface area contributed by atoms with Crippen molar-refractivity contribution in [2.45, 2.75) is 95.4 Å². The molecule has 1 saturated carbocycles. The molecule has 0 spiro atoms. The van der Waals surface area contributed by atoms with Crippen LogP contribution in [0, 0.1) is 0 Å². The molecule has 0 radical (unpaired) electrons. The molecule has 3 atom stereocenters. The van der Waals surface area contributed by atoms with Gasteiger partial charge < -0.3 is 29.2 Å². The molecule has 3 aliphatic rings. The van der Waals surface area contributed by atoms with E-state index in [9.17, 15) is 4.79 Å². The quantitative estimate of drug-likeness (QED) is 0.252. The molecular formula is C34H48N2O5. The molecule has 2 aromatic carbocycles. The molecule has 224 valence electrons. The summed E-state index contributed by atoms with van der Waals surface area (Å²) >= 11 is 0. The number of hydrogen-bond acceptors (Lipinski definition) is 6. The molecule has 2 saturated heterocycles. The highest BCUT2D eigenvalue weighted by atomic mass is 16.5. The number of amides is 1. The van der Waals surface area contributed by atoms with E-state index >= 15 is 0 Å². The number of hydrogen-bond donors (Lipinski definition) is 1. The molecule has 0 bridgehead atoms. The maximum absolute atomic E-state index is 12.8. The van der Waals surface area contributed by atoms with Gasteiger partial charge in [-0.1, -0.05) is 24.6 Å². The van der Waals surface area contributed by atoms with Crippen molar-refractivity contribution < 1.29 is 23.7 Å². The Morgan fingerprint density at radius 3 is 2.54 bits per heavy atom. The van der Waals surface area contributed by atoms with Gasteiger partial charge in [0.1, 0.15) is 5.75 Å². The van der Waals surface area contributed by atoms with Crippen molar-refractivity contribution in [3.05, 3.63) is 53.6 Å². The lowest BCUT2D eigenvalue weighted by Crippen LogP contribution is -2.28. The van der Waals surface area contributed by atoms with Crippen molar-refractivity contribution in [3.8, 4) is 17.2 Å². The fraction of sp³-hybridized carbons (Fsp3) is 0.618. The Bertz CT molecular complexity index is 1100. The first kappa shape index (κ1) is 29.7. The van der Waals surface area contributed by atoms with Crippen molar-refractivity contribution in [1.29, 1.82) is 0 Å². The standard InChI is InChI=1S/C34H48N2O5/c1-3-39-28-14-11-25(12-15-28)31-18-16-30(41-31)23-35-19-7-4-8-20-36-24-27(22-34(36)37)26-13-17-32(38-2)33(21-26)40-29-9-5-6-10-29/h11-15,17,21,27,29-31,35H,3-10,16,18-20,22-24H2,1-2H3. The maximum atomic E-state index is 12.8. The Kier molecular flexibility index (Phi) is 10.8. The van der Waals surface area contributed by atoms with E-state index < -0.39 is 0 Å². The minimum absolute atomic E-state index is 0.184. The van der Waals surface area contributed by atoms with Gasteiger partial charge in [-0.05, 0) is 100 Å². The van der Waals surface area contributed by atoms with Gasteiger partial charge in [-0.15, -0.1) is 0 Å². The molecule has 7 nitrogen and oxygen atoms in total. The van der Waals surface area contributed by atoms with Crippen molar-refractivity contribution in [1.82, 2.24) is 10.2 Å². The van der Waals surface area contributed by atoms with Gasteiger partial charge in [0.15, 0.2) is 11.5 Å². The summed E-state index contributed by atoms with van der Waals surface area (Å²) in [6.07, 6.45) is 11.4. The van der Waals surface area contributed by atoms with Crippen LogP contribution < -0.4 is 19.5 Å². The molecule has 1 N–H and O–H groups in total. The first-order valence-electron chi connectivity index (χ1n) is 15.8. The van der Waals surface area contributed by atoms with Crippen molar-refractivity contribution in [2.24, 2.45) is 0 Å². The summed E-state index contributed by atoms with van der Waals surface area (Å²) in [5.41, 5.74) is 2.41. The van der Waals surface area contributed by atoms with E-state index in [1.54, 1.807) is 7.11 Å². The lowest BCUT2D eigenvalue weighted by atomic mass is 9.98. The number of carbonyl (C=O) groups is 1. The minimum atomic E-state index is 0.184. The summed E-state index contributed by atoms with van der Waals surface area (Å²) in [6, 6.07) is 14.5. The summed E-state index contributed by atoms with van der Waals surface area (Å²) in [4.78, 5) is 14.8. The SMILES string of the molecule is CCOc1ccc(C2CCC(CNCCCCCN3CC(c4ccc(OC)c(OC5CCCC5)c4)CC3=O)O2)cc1. The zero-order valence-electron chi connectivity index (χ0n) is 24.9. The molecular weight excluding hydrogens is 516 g/mol. The summed E-state index contributed by atoms with van der Waals surface area (Å²) in [5, 5.41) is 3.58. The lowest BCUT2D eigenvalue weighted by Gasteiger charge is -2.19. The number of ether oxygens (including phenoxy) is 4. The van der Waals surface area contributed by atoms with Crippen LogP contribution in [0.3, 0.4) is 0 Å². The molecule has 41 heavy (non-hydrogen) atoms. The largest absolute Gasteiger partial charge is 0.494 e. The Labute approximate surface area is 245 Å². The second-order valence-corrected chi connectivity index (χ2v) is 11.8. The Morgan fingerprint density at radius 1 is 0.951 bits per heavy atom. The Morgan fingerprint density at radius 2 is 1.76 bits per heavy atom. The Balaban J connectivity index is 0.968. The van der Waals surface area contributed by atoms with E-state index in [2.05, 4.69) is 29.6 Å². The van der Waals surface area contributed by atoms with Crippen LogP contribution in [0.4, 0.5) is 0 Å². The van der Waals surface area contributed by atoms with E-state index in [0.29, 0.717) is 13.0 Å². The Hall–Kier alpha value is -2.77. The summed E-state index contributed by atoms with van der Waals surface area (Å²) in [6.45, 7) is 6.20. The van der Waals surface area contributed by atoms with Crippen LogP contribution in [-0.4, -0.2) is 62.9 Å². The maximum Gasteiger partial charge on any atom is 0.223 e. The molecule has 2 aliphatic heterocycles. The van der Waals surface area contributed by atoms with Crippen LogP contribution in [0.25, 0.3) is 0 Å². The lowest BCUT2D eigenvalue weighted by molar-refractivity contribution is -0.127. The van der Waals surface area contributed by atoms with Gasteiger partial charge in [0.2, 0.25) is 5.91 Å². The number of methoxy groups -OCH3 is 1. The van der Waals surface area contributed by atoms with Crippen molar-refractivity contribution in [2.75, 3.05) is 39.9 Å². The third-order valence-electron chi connectivity index (χ3n) is 8.79. The first-order valence-corrected chi connectivity index (χ1v) is 15.8. The van der Waals surface area contributed by atoms with Crippen LogP contribution in [0.1, 0.15) is 94.3 Å². The molecule has 2 aromatic rings. The summed E-state index contributed by atoms with van der Waals surface area (Å²) < 4.78 is 23.7. The topological polar surface area (TPSA) is 69.3 Å². The average Bonchev–Trinajstić information content (AvgIpc) is 3.75. The highest BCUT2D eigenvalue weighted by Crippen LogP contribution is 2.37. The molecule has 1 aliphatic carbocycles. The predicted molar refractivity (Wildman–Crippen MR) is 161 cm³/mol. The third-order valence-corrected chi connectivity index (χ3v) is 8.79. The number of benzene rings is 2. The molecule has 0 aromatic heterocycles. The molecule has 5 rings (SSSR count). The normalized spacial score (nSPS) is 22.9. The van der Waals surface area contributed by atoms with Gasteiger partial charge in [-0.3, -0.25) is 4.79 Å². The van der Waals surface area contributed by atoms with Crippen molar-refractivity contribution in [3.63, 3.8) is 0 Å². The van der Waals surface area contributed by atoms with E-state index in [0.717, 1.165) is 88.4 Å². The highest BCUT2D eigenvalue weighted by molar-refractivity contribution is 5.79. The van der Waals surface area contributed by atoms with Crippen LogP contribution in [0.15, 0.2) is 42.5 Å². The van der Waals surface area contributed by atoms with E-state index in [4.69, 9.17) is 18.9 Å². The zero-order valence-corrected chi connectivity index (χ0v) is 24.9. The van der Waals surface area contributed by atoms with E-state index in [1.807, 2.05) is 30.0 Å². The van der Waals surface area contributed by atoms with Gasteiger partial charge >= 0.3 is 0 Å². The third kappa shape index (κ3) is 8.16. The second-order valence-electron chi connectivity index (χ2n) is 11.8. The number of rotatable bonds is 15. The molecule has 2 heterocycles. The molecule has 3 unspecified atom stereocenters. The molecule has 3 fully saturated rings.